The fourth-order valence-electron chi connectivity index (χ4n) is 5.73. The van der Waals surface area contributed by atoms with Crippen LogP contribution in [0.2, 0.25) is 0 Å². The molecular weight excluding hydrogens is 460 g/mol. The van der Waals surface area contributed by atoms with Crippen molar-refractivity contribution < 1.29 is 4.79 Å². The van der Waals surface area contributed by atoms with E-state index in [1.54, 1.807) is 0 Å². The number of Topliss-reactive ketones (excluding diaryl/α,β-unsaturated/α-hetero) is 1. The average Bonchev–Trinajstić information content (AvgIpc) is 3.14. The topological polar surface area (TPSA) is 75.4 Å². The molecule has 2 aromatic heterocycles. The Morgan fingerprint density at radius 3 is 2.49 bits per heavy atom. The Hall–Kier alpha value is -2.96. The lowest BCUT2D eigenvalue weighted by Crippen LogP contribution is -2.34. The average molecular weight is 503 g/mol. The zero-order chi connectivity index (χ0) is 25.8. The number of carbonyl (C=O) groups excluding carboxylic acids is 1. The minimum Gasteiger partial charge on any atom is -0.350 e. The summed E-state index contributed by atoms with van der Waals surface area (Å²) in [5.74, 6) is 3.22. The summed E-state index contributed by atoms with van der Waals surface area (Å²) in [7, 11) is 0. The van der Waals surface area contributed by atoms with Crippen LogP contribution in [0, 0.1) is 11.8 Å². The lowest BCUT2D eigenvalue weighted by molar-refractivity contribution is -0.122. The van der Waals surface area contributed by atoms with Gasteiger partial charge in [0.05, 0.1) is 6.20 Å². The summed E-state index contributed by atoms with van der Waals surface area (Å²) in [6.45, 7) is 9.26. The van der Waals surface area contributed by atoms with Crippen LogP contribution in [0.25, 0.3) is 5.65 Å². The van der Waals surface area contributed by atoms with Crippen LogP contribution in [0.1, 0.15) is 94.7 Å². The van der Waals surface area contributed by atoms with Crippen LogP contribution in [0.15, 0.2) is 30.5 Å². The second kappa shape index (κ2) is 11.6. The second-order valence-electron chi connectivity index (χ2n) is 11.5. The van der Waals surface area contributed by atoms with E-state index in [1.165, 1.54) is 38.5 Å². The van der Waals surface area contributed by atoms with Gasteiger partial charge in [0.15, 0.2) is 5.65 Å². The Morgan fingerprint density at radius 1 is 1.03 bits per heavy atom. The molecule has 1 N–H and O–H groups in total. The summed E-state index contributed by atoms with van der Waals surface area (Å²) in [5.41, 5.74) is 4.26. The van der Waals surface area contributed by atoms with Crippen molar-refractivity contribution in [3.63, 3.8) is 0 Å². The van der Waals surface area contributed by atoms with Gasteiger partial charge < -0.3 is 10.2 Å². The van der Waals surface area contributed by atoms with Gasteiger partial charge in [0.2, 0.25) is 11.9 Å². The van der Waals surface area contributed by atoms with Gasteiger partial charge in [0, 0.05) is 37.5 Å². The monoisotopic (exact) mass is 502 g/mol. The Kier molecular flexibility index (Phi) is 8.06. The third-order valence-electron chi connectivity index (χ3n) is 8.20. The largest absolute Gasteiger partial charge is 0.350 e. The van der Waals surface area contributed by atoms with Crippen molar-refractivity contribution in [3.8, 4) is 0 Å². The molecule has 7 nitrogen and oxygen atoms in total. The Labute approximate surface area is 221 Å². The fraction of sp³-hybridized carbons (Fsp3) is 0.600. The number of nitrogens with zero attached hydrogens (tertiary/aromatic N) is 5. The highest BCUT2D eigenvalue weighted by Gasteiger charge is 2.22. The molecule has 1 saturated heterocycles. The number of hydrogen-bond donors (Lipinski definition) is 1. The lowest BCUT2D eigenvalue weighted by Gasteiger charge is -2.30. The summed E-state index contributed by atoms with van der Waals surface area (Å²) in [6.07, 6.45) is 11.8. The standard InChI is InChI=1S/C30H42N6O/c1-21(2)26-20-32-36-28(26)33-30(35-15-13-22(3)14-16-35)34-29(36)31-19-24-10-8-9-23(17-24)18-27(37)25-11-6-4-5-7-12-25/h8-10,17,20-22,25H,4-7,11-16,18-19H2,1-3H3,(H,31,33,34). The van der Waals surface area contributed by atoms with Gasteiger partial charge in [-0.2, -0.15) is 19.6 Å². The quantitative estimate of drug-likeness (QED) is 0.371. The summed E-state index contributed by atoms with van der Waals surface area (Å²) in [5, 5.41) is 8.17. The van der Waals surface area contributed by atoms with E-state index < -0.39 is 0 Å². The molecule has 5 rings (SSSR count). The molecule has 1 aliphatic carbocycles. The lowest BCUT2D eigenvalue weighted by atomic mass is 9.91. The molecule has 0 atom stereocenters. The zero-order valence-electron chi connectivity index (χ0n) is 22.7. The first-order valence-electron chi connectivity index (χ1n) is 14.3. The normalized spacial score (nSPS) is 17.9. The molecule has 1 saturated carbocycles. The van der Waals surface area contributed by atoms with Gasteiger partial charge in [-0.05, 0) is 48.6 Å². The highest BCUT2D eigenvalue weighted by molar-refractivity contribution is 5.83. The van der Waals surface area contributed by atoms with Crippen LogP contribution in [-0.2, 0) is 17.8 Å². The van der Waals surface area contributed by atoms with Crippen LogP contribution in [0.4, 0.5) is 11.9 Å². The molecule has 2 aliphatic rings. The first-order chi connectivity index (χ1) is 18.0. The molecule has 2 fully saturated rings. The van der Waals surface area contributed by atoms with Gasteiger partial charge in [0.25, 0.3) is 0 Å². The Morgan fingerprint density at radius 2 is 1.76 bits per heavy atom. The maximum absolute atomic E-state index is 13.0. The highest BCUT2D eigenvalue weighted by atomic mass is 16.1. The van der Waals surface area contributed by atoms with E-state index in [0.29, 0.717) is 30.6 Å². The highest BCUT2D eigenvalue weighted by Crippen LogP contribution is 2.27. The van der Waals surface area contributed by atoms with Gasteiger partial charge in [-0.1, -0.05) is 70.7 Å². The first kappa shape index (κ1) is 25.7. The predicted octanol–water partition coefficient (Wildman–Crippen LogP) is 6.18. The van der Waals surface area contributed by atoms with Gasteiger partial charge >= 0.3 is 0 Å². The molecule has 1 aromatic carbocycles. The maximum Gasteiger partial charge on any atom is 0.230 e. The number of ketones is 1. The minimum absolute atomic E-state index is 0.241. The van der Waals surface area contributed by atoms with Crippen LogP contribution >= 0.6 is 0 Å². The van der Waals surface area contributed by atoms with Crippen molar-refractivity contribution in [1.82, 2.24) is 19.6 Å². The molecule has 198 valence electrons. The van der Waals surface area contributed by atoms with E-state index >= 15 is 0 Å². The molecule has 3 heterocycles. The number of piperidine rings is 1. The van der Waals surface area contributed by atoms with E-state index in [4.69, 9.17) is 9.97 Å². The third-order valence-corrected chi connectivity index (χ3v) is 8.20. The van der Waals surface area contributed by atoms with Crippen molar-refractivity contribution in [1.29, 1.82) is 0 Å². The SMILES string of the molecule is CC1CCN(c2nc(NCc3cccc(CC(=O)C4CCCCCC4)c3)n3ncc(C(C)C)c3n2)CC1. The third kappa shape index (κ3) is 6.13. The first-order valence-corrected chi connectivity index (χ1v) is 14.3. The van der Waals surface area contributed by atoms with E-state index in [9.17, 15) is 4.79 Å². The molecule has 37 heavy (non-hydrogen) atoms. The zero-order valence-corrected chi connectivity index (χ0v) is 22.7. The van der Waals surface area contributed by atoms with Gasteiger partial charge in [-0.3, -0.25) is 4.79 Å². The Bertz CT molecular complexity index is 1200. The van der Waals surface area contributed by atoms with Crippen LogP contribution in [0.5, 0.6) is 0 Å². The number of fused-ring (bicyclic) bond motifs is 1. The van der Waals surface area contributed by atoms with Crippen LogP contribution in [0.3, 0.4) is 0 Å². The van der Waals surface area contributed by atoms with E-state index in [1.807, 2.05) is 10.7 Å². The second-order valence-corrected chi connectivity index (χ2v) is 11.5. The molecule has 0 radical (unpaired) electrons. The fourth-order valence-corrected chi connectivity index (χ4v) is 5.73. The number of benzene rings is 1. The van der Waals surface area contributed by atoms with Crippen LogP contribution < -0.4 is 10.2 Å². The molecule has 7 heteroatoms. The summed E-state index contributed by atoms with van der Waals surface area (Å²) < 4.78 is 1.84. The van der Waals surface area contributed by atoms with Crippen LogP contribution in [-0.4, -0.2) is 38.5 Å². The number of rotatable bonds is 8. The van der Waals surface area contributed by atoms with Crippen molar-refractivity contribution in [2.45, 2.75) is 91.0 Å². The van der Waals surface area contributed by atoms with Crippen molar-refractivity contribution in [3.05, 3.63) is 47.2 Å². The molecule has 0 unspecified atom stereocenters. The van der Waals surface area contributed by atoms with Gasteiger partial charge in [0.1, 0.15) is 5.78 Å². The maximum atomic E-state index is 13.0. The summed E-state index contributed by atoms with van der Waals surface area (Å²) in [4.78, 5) is 25.2. The molecule has 0 amide bonds. The molecule has 1 aliphatic heterocycles. The molecule has 3 aromatic rings. The number of hydrogen-bond acceptors (Lipinski definition) is 6. The summed E-state index contributed by atoms with van der Waals surface area (Å²) >= 11 is 0. The van der Waals surface area contributed by atoms with Crippen molar-refractivity contribution in [2.75, 3.05) is 23.3 Å². The number of carbonyl (C=O) groups is 1. The van der Waals surface area contributed by atoms with Crippen molar-refractivity contribution in [2.24, 2.45) is 11.8 Å². The number of anilines is 2. The van der Waals surface area contributed by atoms with Crippen molar-refractivity contribution >= 4 is 23.3 Å². The predicted molar refractivity (Wildman–Crippen MR) is 149 cm³/mol. The summed E-state index contributed by atoms with van der Waals surface area (Å²) in [6, 6.07) is 8.42. The van der Waals surface area contributed by atoms with Gasteiger partial charge in [-0.15, -0.1) is 0 Å². The smallest absolute Gasteiger partial charge is 0.230 e. The van der Waals surface area contributed by atoms with E-state index in [-0.39, 0.29) is 5.92 Å². The number of nitrogens with one attached hydrogen (secondary N) is 1. The molecule has 0 bridgehead atoms. The van der Waals surface area contributed by atoms with Gasteiger partial charge in [-0.25, -0.2) is 0 Å². The number of aromatic nitrogens is 4. The Balaban J connectivity index is 1.33. The van der Waals surface area contributed by atoms with E-state index in [2.05, 4.69) is 60.4 Å². The van der Waals surface area contributed by atoms with E-state index in [0.717, 1.165) is 60.1 Å². The minimum atomic E-state index is 0.241. The molecule has 0 spiro atoms. The molecular formula is C30H42N6O.